The molecule has 7 aromatic carbocycles. The molecule has 2 heterocycles. The largest absolute Gasteiger partial charge is 0.310 e. The van der Waals surface area contributed by atoms with Crippen LogP contribution in [0.1, 0.15) is 11.1 Å². The van der Waals surface area contributed by atoms with Gasteiger partial charge in [0.25, 0.3) is 0 Å². The van der Waals surface area contributed by atoms with Crippen molar-refractivity contribution in [3.8, 4) is 11.1 Å². The van der Waals surface area contributed by atoms with E-state index in [1.165, 1.54) is 62.6 Å². The van der Waals surface area contributed by atoms with Crippen LogP contribution in [0.5, 0.6) is 0 Å². The quantitative estimate of drug-likeness (QED) is 0.164. The number of hydrogen-bond donors (Lipinski definition) is 0. The van der Waals surface area contributed by atoms with Crippen molar-refractivity contribution in [1.82, 2.24) is 0 Å². The summed E-state index contributed by atoms with van der Waals surface area (Å²) in [4.78, 5) is 2.33. The Morgan fingerprint density at radius 2 is 0.787 bits per heavy atom. The van der Waals surface area contributed by atoms with Crippen LogP contribution >= 0.6 is 22.7 Å². The van der Waals surface area contributed by atoms with Gasteiger partial charge in [-0.3, -0.25) is 0 Å². The molecule has 222 valence electrons. The van der Waals surface area contributed by atoms with Crippen molar-refractivity contribution in [2.45, 2.75) is 0 Å². The fourth-order valence-corrected chi connectivity index (χ4v) is 8.91. The minimum Gasteiger partial charge on any atom is -0.310 e. The highest BCUT2D eigenvalue weighted by Crippen LogP contribution is 2.41. The highest BCUT2D eigenvalue weighted by Gasteiger charge is 2.14. The molecule has 0 bridgehead atoms. The van der Waals surface area contributed by atoms with Crippen LogP contribution in [-0.2, 0) is 0 Å². The fourth-order valence-electron chi connectivity index (χ4n) is 6.53. The van der Waals surface area contributed by atoms with Crippen LogP contribution in [0.4, 0.5) is 17.1 Å². The molecule has 0 aliphatic rings. The summed E-state index contributed by atoms with van der Waals surface area (Å²) in [7, 11) is 0. The molecule has 0 saturated carbocycles. The number of nitrogens with zero attached hydrogens (tertiary/aromatic N) is 1. The molecule has 9 rings (SSSR count). The van der Waals surface area contributed by atoms with Crippen LogP contribution < -0.4 is 4.90 Å². The second kappa shape index (κ2) is 11.7. The Balaban J connectivity index is 1.03. The molecule has 0 atom stereocenters. The van der Waals surface area contributed by atoms with Crippen LogP contribution in [0.15, 0.2) is 164 Å². The number of para-hydroxylation sites is 2. The van der Waals surface area contributed by atoms with Crippen molar-refractivity contribution in [2.75, 3.05) is 4.90 Å². The first-order valence-electron chi connectivity index (χ1n) is 15.8. The van der Waals surface area contributed by atoms with Crippen LogP contribution in [0.3, 0.4) is 0 Å². The van der Waals surface area contributed by atoms with E-state index in [2.05, 4.69) is 181 Å². The summed E-state index contributed by atoms with van der Waals surface area (Å²) in [6.07, 6.45) is 4.48. The van der Waals surface area contributed by atoms with Gasteiger partial charge in [-0.15, -0.1) is 22.7 Å². The second-order valence-corrected chi connectivity index (χ2v) is 14.0. The van der Waals surface area contributed by atoms with Crippen LogP contribution in [0.2, 0.25) is 0 Å². The van der Waals surface area contributed by atoms with E-state index in [9.17, 15) is 0 Å². The van der Waals surface area contributed by atoms with Gasteiger partial charge < -0.3 is 4.90 Å². The molecule has 0 radical (unpaired) electrons. The average Bonchev–Trinajstić information content (AvgIpc) is 3.68. The molecule has 9 aromatic rings. The highest BCUT2D eigenvalue weighted by atomic mass is 32.1. The molecular weight excluding hydrogens is 607 g/mol. The van der Waals surface area contributed by atoms with Gasteiger partial charge in [-0.2, -0.15) is 0 Å². The predicted octanol–water partition coefficient (Wildman–Crippen LogP) is 13.7. The smallest absolute Gasteiger partial charge is 0.0476 e. The minimum atomic E-state index is 1.15. The molecule has 0 fully saturated rings. The molecule has 0 aliphatic carbocycles. The molecule has 0 N–H and O–H groups in total. The number of benzene rings is 7. The Hall–Kier alpha value is -5.48. The van der Waals surface area contributed by atoms with E-state index in [-0.39, 0.29) is 0 Å². The SMILES string of the molecule is C(=C\c1ccc2c(c1)sc1cc(N(c3ccccc3)c3ccccc3)ccc12)/c1ccc2c(c1)sc1cc(-c3ccccc3)ccc12. The van der Waals surface area contributed by atoms with E-state index in [4.69, 9.17) is 0 Å². The first-order valence-corrected chi connectivity index (χ1v) is 17.5. The van der Waals surface area contributed by atoms with Gasteiger partial charge in [0.2, 0.25) is 0 Å². The lowest BCUT2D eigenvalue weighted by Gasteiger charge is -2.25. The van der Waals surface area contributed by atoms with Crippen molar-refractivity contribution < 1.29 is 0 Å². The van der Waals surface area contributed by atoms with Crippen molar-refractivity contribution in [3.05, 3.63) is 175 Å². The van der Waals surface area contributed by atoms with Crippen LogP contribution in [-0.4, -0.2) is 0 Å². The lowest BCUT2D eigenvalue weighted by molar-refractivity contribution is 1.29. The number of fused-ring (bicyclic) bond motifs is 6. The summed E-state index contributed by atoms with van der Waals surface area (Å²) < 4.78 is 5.25. The van der Waals surface area contributed by atoms with Crippen LogP contribution in [0, 0.1) is 0 Å². The molecule has 1 nitrogen and oxygen atoms in total. The Morgan fingerprint density at radius 3 is 1.34 bits per heavy atom. The monoisotopic (exact) mass is 635 g/mol. The molecular formula is C44H29NS2. The van der Waals surface area contributed by atoms with Crippen LogP contribution in [0.25, 0.3) is 63.6 Å². The van der Waals surface area contributed by atoms with Gasteiger partial charge in [0.15, 0.2) is 0 Å². The number of hydrogen-bond acceptors (Lipinski definition) is 3. The average molecular weight is 636 g/mol. The van der Waals surface area contributed by atoms with Gasteiger partial charge in [-0.1, -0.05) is 121 Å². The third-order valence-electron chi connectivity index (χ3n) is 8.84. The molecule has 0 saturated heterocycles. The Bertz CT molecular complexity index is 2520. The van der Waals surface area contributed by atoms with Crippen molar-refractivity contribution in [1.29, 1.82) is 0 Å². The van der Waals surface area contributed by atoms with Crippen molar-refractivity contribution in [2.24, 2.45) is 0 Å². The molecule has 47 heavy (non-hydrogen) atoms. The van der Waals surface area contributed by atoms with Crippen molar-refractivity contribution >= 4 is 92.2 Å². The summed E-state index contributed by atoms with van der Waals surface area (Å²) in [6, 6.07) is 59.2. The summed E-state index contributed by atoms with van der Waals surface area (Å²) >= 11 is 3.74. The van der Waals surface area contributed by atoms with E-state index in [1.807, 2.05) is 22.7 Å². The molecule has 0 unspecified atom stereocenters. The maximum absolute atomic E-state index is 2.33. The van der Waals surface area contributed by atoms with Gasteiger partial charge in [-0.25, -0.2) is 0 Å². The summed E-state index contributed by atoms with van der Waals surface area (Å²) in [5.74, 6) is 0. The first-order chi connectivity index (χ1) is 23.3. The van der Waals surface area contributed by atoms with E-state index in [0.717, 1.165) is 17.1 Å². The lowest BCUT2D eigenvalue weighted by Crippen LogP contribution is -2.09. The van der Waals surface area contributed by atoms with Gasteiger partial charge in [0.05, 0.1) is 0 Å². The molecule has 2 aromatic heterocycles. The Labute approximate surface area is 281 Å². The third-order valence-corrected chi connectivity index (χ3v) is 11.1. The number of thiophene rings is 2. The third kappa shape index (κ3) is 5.20. The van der Waals surface area contributed by atoms with E-state index in [1.54, 1.807) is 0 Å². The van der Waals surface area contributed by atoms with E-state index < -0.39 is 0 Å². The molecule has 3 heteroatoms. The maximum Gasteiger partial charge on any atom is 0.0476 e. The predicted molar refractivity (Wildman–Crippen MR) is 208 cm³/mol. The lowest BCUT2D eigenvalue weighted by atomic mass is 10.0. The fraction of sp³-hybridized carbons (Fsp3) is 0. The Kier molecular flexibility index (Phi) is 6.93. The van der Waals surface area contributed by atoms with Crippen molar-refractivity contribution in [3.63, 3.8) is 0 Å². The van der Waals surface area contributed by atoms with Gasteiger partial charge in [0.1, 0.15) is 0 Å². The zero-order valence-electron chi connectivity index (χ0n) is 25.5. The van der Waals surface area contributed by atoms with Gasteiger partial charge in [-0.05, 0) is 76.9 Å². The van der Waals surface area contributed by atoms with E-state index >= 15 is 0 Å². The van der Waals surface area contributed by atoms with Gasteiger partial charge >= 0.3 is 0 Å². The number of anilines is 3. The number of rotatable bonds is 6. The maximum atomic E-state index is 2.33. The minimum absolute atomic E-state index is 1.15. The molecule has 0 spiro atoms. The summed E-state index contributed by atoms with van der Waals surface area (Å²) in [6.45, 7) is 0. The molecule has 0 amide bonds. The second-order valence-electron chi connectivity index (χ2n) is 11.8. The highest BCUT2D eigenvalue weighted by molar-refractivity contribution is 7.26. The van der Waals surface area contributed by atoms with E-state index in [0.29, 0.717) is 0 Å². The topological polar surface area (TPSA) is 3.24 Å². The zero-order valence-corrected chi connectivity index (χ0v) is 27.1. The summed E-state index contributed by atoms with van der Waals surface area (Å²) in [5, 5.41) is 5.26. The standard InChI is InChI=1S/C44H29NS2/c1-4-10-32(11-5-1)33-20-24-39-37-22-18-30(26-41(37)46-43(39)28-33)16-17-31-19-23-38-40-25-21-36(29-44(40)47-42(38)27-31)45(34-12-6-2-7-13-34)35-14-8-3-9-15-35/h1-29H/b17-16+. The zero-order chi connectivity index (χ0) is 31.2. The first kappa shape index (κ1) is 27.8. The Morgan fingerprint density at radius 1 is 0.340 bits per heavy atom. The van der Waals surface area contributed by atoms with Gasteiger partial charge in [0, 0.05) is 57.4 Å². The normalized spacial score (nSPS) is 11.7. The molecule has 0 aliphatic heterocycles. The summed E-state index contributed by atoms with van der Waals surface area (Å²) in [5.41, 5.74) is 8.41.